The van der Waals surface area contributed by atoms with Gasteiger partial charge < -0.3 is 4.90 Å². The molecule has 0 N–H and O–H groups in total. The summed E-state index contributed by atoms with van der Waals surface area (Å²) < 4.78 is 23.0. The molecule has 1 saturated carbocycles. The van der Waals surface area contributed by atoms with Gasteiger partial charge in [0.15, 0.2) is 0 Å². The number of rotatable bonds is 3. The van der Waals surface area contributed by atoms with E-state index in [1.165, 1.54) is 6.26 Å². The van der Waals surface area contributed by atoms with Crippen LogP contribution in [0.2, 0.25) is 10.0 Å². The highest BCUT2D eigenvalue weighted by atomic mass is 35.5. The maximum atomic E-state index is 12.6. The van der Waals surface area contributed by atoms with E-state index in [-0.39, 0.29) is 11.2 Å². The predicted molar refractivity (Wildman–Crippen MR) is 95.6 cm³/mol. The maximum Gasteiger partial charge on any atom is 0.255 e. The lowest BCUT2D eigenvalue weighted by atomic mass is 9.90. The van der Waals surface area contributed by atoms with E-state index in [0.29, 0.717) is 47.6 Å². The summed E-state index contributed by atoms with van der Waals surface area (Å²) in [5.74, 6) is -0.107. The summed E-state index contributed by atoms with van der Waals surface area (Å²) in [6, 6.07) is 5.38. The average molecular weight is 391 g/mol. The van der Waals surface area contributed by atoms with Gasteiger partial charge in [-0.1, -0.05) is 29.3 Å². The topological polar surface area (TPSA) is 57.7 Å². The Morgan fingerprint density at radius 3 is 2.33 bits per heavy atom. The fourth-order valence-electron chi connectivity index (χ4n) is 3.32. The van der Waals surface area contributed by atoms with Gasteiger partial charge in [-0.3, -0.25) is 9.69 Å². The van der Waals surface area contributed by atoms with Crippen LogP contribution >= 0.6 is 23.2 Å². The molecule has 0 bridgehead atoms. The van der Waals surface area contributed by atoms with Crippen LogP contribution in [0.3, 0.4) is 0 Å². The van der Waals surface area contributed by atoms with Crippen molar-refractivity contribution in [3.8, 4) is 0 Å². The van der Waals surface area contributed by atoms with E-state index in [0.717, 1.165) is 13.1 Å². The van der Waals surface area contributed by atoms with E-state index in [2.05, 4.69) is 4.90 Å². The molecule has 0 radical (unpaired) electrons. The molecule has 1 amide bonds. The molecule has 1 aliphatic carbocycles. The van der Waals surface area contributed by atoms with E-state index in [1.54, 1.807) is 23.1 Å². The molecule has 1 heterocycles. The summed E-state index contributed by atoms with van der Waals surface area (Å²) in [6.45, 7) is 2.74. The van der Waals surface area contributed by atoms with Crippen molar-refractivity contribution in [1.29, 1.82) is 0 Å². The van der Waals surface area contributed by atoms with Crippen LogP contribution in [0, 0.1) is 0 Å². The summed E-state index contributed by atoms with van der Waals surface area (Å²) in [5.41, 5.74) is 0.429. The highest BCUT2D eigenvalue weighted by Gasteiger charge is 2.40. The Kier molecular flexibility index (Phi) is 5.12. The summed E-state index contributed by atoms with van der Waals surface area (Å²) >= 11 is 12.1. The van der Waals surface area contributed by atoms with Gasteiger partial charge in [-0.25, -0.2) is 8.42 Å². The Morgan fingerprint density at radius 1 is 1.12 bits per heavy atom. The minimum Gasteiger partial charge on any atom is -0.336 e. The van der Waals surface area contributed by atoms with Crippen molar-refractivity contribution >= 4 is 38.9 Å². The number of carbonyl (C=O) groups is 1. The monoisotopic (exact) mass is 390 g/mol. The molecule has 132 valence electrons. The lowest BCUT2D eigenvalue weighted by molar-refractivity contribution is 0.0463. The van der Waals surface area contributed by atoms with Crippen LogP contribution in [0.5, 0.6) is 0 Å². The van der Waals surface area contributed by atoms with Crippen LogP contribution in [0.4, 0.5) is 0 Å². The van der Waals surface area contributed by atoms with E-state index in [9.17, 15) is 13.2 Å². The third kappa shape index (κ3) is 3.57. The number of hydrogen-bond acceptors (Lipinski definition) is 4. The summed E-state index contributed by atoms with van der Waals surface area (Å²) in [5, 5.41) is 0.469. The summed E-state index contributed by atoms with van der Waals surface area (Å²) in [7, 11) is -2.93. The van der Waals surface area contributed by atoms with Gasteiger partial charge in [-0.05, 0) is 25.0 Å². The lowest BCUT2D eigenvalue weighted by Crippen LogP contribution is -2.57. The normalized spacial score (nSPS) is 25.4. The van der Waals surface area contributed by atoms with E-state index >= 15 is 0 Å². The molecular weight excluding hydrogens is 371 g/mol. The number of sulfone groups is 1. The lowest BCUT2D eigenvalue weighted by Gasteiger charge is -2.45. The average Bonchev–Trinajstić information content (AvgIpc) is 2.47. The molecule has 5 nitrogen and oxygen atoms in total. The minimum absolute atomic E-state index is 0.107. The molecule has 0 atom stereocenters. The van der Waals surface area contributed by atoms with Crippen LogP contribution in [-0.2, 0) is 9.84 Å². The second-order valence-electron chi connectivity index (χ2n) is 6.51. The van der Waals surface area contributed by atoms with Crippen molar-refractivity contribution in [1.82, 2.24) is 9.80 Å². The minimum atomic E-state index is -2.93. The van der Waals surface area contributed by atoms with Gasteiger partial charge in [0.2, 0.25) is 0 Å². The van der Waals surface area contributed by atoms with Gasteiger partial charge in [0, 0.05) is 38.5 Å². The first-order valence-corrected chi connectivity index (χ1v) is 10.6. The van der Waals surface area contributed by atoms with Crippen molar-refractivity contribution < 1.29 is 13.2 Å². The van der Waals surface area contributed by atoms with Gasteiger partial charge >= 0.3 is 0 Å². The van der Waals surface area contributed by atoms with Crippen molar-refractivity contribution in [3.63, 3.8) is 0 Å². The Balaban J connectivity index is 1.56. The van der Waals surface area contributed by atoms with Crippen LogP contribution < -0.4 is 0 Å². The predicted octanol–water partition coefficient (Wildman–Crippen LogP) is 2.33. The number of hydrogen-bond donors (Lipinski definition) is 0. The first kappa shape index (κ1) is 18.0. The van der Waals surface area contributed by atoms with Crippen LogP contribution in [0.15, 0.2) is 18.2 Å². The smallest absolute Gasteiger partial charge is 0.255 e. The first-order valence-electron chi connectivity index (χ1n) is 7.93. The molecule has 0 unspecified atom stereocenters. The number of halogens is 2. The Bertz CT molecular complexity index is 740. The second-order valence-corrected chi connectivity index (χ2v) is 9.62. The zero-order chi connectivity index (χ0) is 17.5. The largest absolute Gasteiger partial charge is 0.336 e. The first-order chi connectivity index (χ1) is 11.3. The molecule has 2 aliphatic rings. The number of carbonyl (C=O) groups excluding carboxylic acids is 1. The summed E-state index contributed by atoms with van der Waals surface area (Å²) in [6.07, 6.45) is 2.71. The van der Waals surface area contributed by atoms with E-state index in [4.69, 9.17) is 23.2 Å². The van der Waals surface area contributed by atoms with Crippen LogP contribution in [-0.4, -0.2) is 67.9 Å². The van der Waals surface area contributed by atoms with Crippen molar-refractivity contribution in [2.75, 3.05) is 32.4 Å². The fourth-order valence-corrected chi connectivity index (χ4v) is 4.84. The molecular formula is C16H20Cl2N2O3S. The highest BCUT2D eigenvalue weighted by molar-refractivity contribution is 7.91. The Labute approximate surface area is 152 Å². The van der Waals surface area contributed by atoms with Crippen molar-refractivity contribution in [2.24, 2.45) is 0 Å². The maximum absolute atomic E-state index is 12.6. The molecule has 8 heteroatoms. The van der Waals surface area contributed by atoms with Crippen molar-refractivity contribution in [2.45, 2.75) is 24.1 Å². The zero-order valence-corrected chi connectivity index (χ0v) is 15.7. The van der Waals surface area contributed by atoms with Crippen molar-refractivity contribution in [3.05, 3.63) is 33.8 Å². The molecule has 2 fully saturated rings. The zero-order valence-electron chi connectivity index (χ0n) is 13.4. The van der Waals surface area contributed by atoms with Gasteiger partial charge in [-0.2, -0.15) is 0 Å². The summed E-state index contributed by atoms with van der Waals surface area (Å²) in [4.78, 5) is 16.7. The number of nitrogens with zero attached hydrogens (tertiary/aromatic N) is 2. The molecule has 0 aromatic heterocycles. The number of benzene rings is 1. The Hall–Kier alpha value is -0.820. The molecule has 1 saturated heterocycles. The molecule has 1 aromatic carbocycles. The second kappa shape index (κ2) is 6.83. The van der Waals surface area contributed by atoms with Gasteiger partial charge in [-0.15, -0.1) is 0 Å². The quantitative estimate of drug-likeness (QED) is 0.794. The van der Waals surface area contributed by atoms with Gasteiger partial charge in [0.25, 0.3) is 5.91 Å². The molecule has 0 spiro atoms. The van der Waals surface area contributed by atoms with E-state index < -0.39 is 9.84 Å². The molecule has 3 rings (SSSR count). The third-order valence-electron chi connectivity index (χ3n) is 4.98. The SMILES string of the molecule is CS(=O)(=O)C1CC(N2CCN(C(=O)c3cccc(Cl)c3Cl)CC2)C1. The number of piperazine rings is 1. The van der Waals surface area contributed by atoms with Gasteiger partial charge in [0.1, 0.15) is 9.84 Å². The molecule has 24 heavy (non-hydrogen) atoms. The number of amides is 1. The third-order valence-corrected chi connectivity index (χ3v) is 7.39. The highest BCUT2D eigenvalue weighted by Crippen LogP contribution is 2.32. The molecule has 1 aliphatic heterocycles. The molecule has 1 aromatic rings. The fraction of sp³-hybridized carbons (Fsp3) is 0.562. The van der Waals surface area contributed by atoms with E-state index in [1.807, 2.05) is 0 Å². The van der Waals surface area contributed by atoms with Crippen LogP contribution in [0.25, 0.3) is 0 Å². The standard InChI is InChI=1S/C16H20Cl2N2O3S/c1-24(22,23)12-9-11(10-12)19-5-7-20(8-6-19)16(21)13-3-2-4-14(17)15(13)18/h2-4,11-12H,5-10H2,1H3. The van der Waals surface area contributed by atoms with Crippen LogP contribution in [0.1, 0.15) is 23.2 Å². The Morgan fingerprint density at radius 2 is 1.75 bits per heavy atom. The van der Waals surface area contributed by atoms with Gasteiger partial charge in [0.05, 0.1) is 20.9 Å².